The maximum atomic E-state index is 12.3. The van der Waals surface area contributed by atoms with Crippen LogP contribution in [0.5, 0.6) is 5.75 Å². The summed E-state index contributed by atoms with van der Waals surface area (Å²) in [6.07, 6.45) is 5.94. The first kappa shape index (κ1) is 19.8. The largest absolute Gasteiger partial charge is 0.433 e. The summed E-state index contributed by atoms with van der Waals surface area (Å²) in [5, 5.41) is 3.76. The summed E-state index contributed by atoms with van der Waals surface area (Å²) in [6.45, 7) is 2.61. The number of likely N-dealkylation sites (tertiary alicyclic amines) is 1. The fraction of sp³-hybridized carbons (Fsp3) is 0.684. The molecule has 0 amide bonds. The van der Waals surface area contributed by atoms with Crippen molar-refractivity contribution in [1.29, 1.82) is 0 Å². The standard InChI is InChI=1S/C19H27ClF2N2O2/c20-16-12-15(4-5-17(16)26-18(21)22)13-23-14-19(6-10-25-11-7-19)24-8-2-1-3-9-24/h4-5,12,18,23H,1-3,6-11,13-14H2. The number of alkyl halides is 2. The molecule has 0 aromatic heterocycles. The molecule has 2 aliphatic heterocycles. The minimum atomic E-state index is -2.87. The molecule has 26 heavy (non-hydrogen) atoms. The molecule has 0 bridgehead atoms. The van der Waals surface area contributed by atoms with Crippen molar-refractivity contribution in [2.45, 2.75) is 50.8 Å². The van der Waals surface area contributed by atoms with Gasteiger partial charge in [0.05, 0.1) is 5.02 Å². The summed E-state index contributed by atoms with van der Waals surface area (Å²) in [4.78, 5) is 2.64. The highest BCUT2D eigenvalue weighted by Crippen LogP contribution is 2.31. The van der Waals surface area contributed by atoms with Gasteiger partial charge in [0.25, 0.3) is 0 Å². The maximum absolute atomic E-state index is 12.3. The fourth-order valence-electron chi connectivity index (χ4n) is 4.01. The molecular formula is C19H27ClF2N2O2. The van der Waals surface area contributed by atoms with E-state index in [-0.39, 0.29) is 16.3 Å². The highest BCUT2D eigenvalue weighted by molar-refractivity contribution is 6.32. The van der Waals surface area contributed by atoms with Crippen LogP contribution in [0.1, 0.15) is 37.7 Å². The highest BCUT2D eigenvalue weighted by Gasteiger charge is 2.38. The lowest BCUT2D eigenvalue weighted by Crippen LogP contribution is -2.59. The Bertz CT molecular complexity index is 577. The van der Waals surface area contributed by atoms with Gasteiger partial charge in [0, 0.05) is 31.8 Å². The number of ether oxygens (including phenoxy) is 2. The van der Waals surface area contributed by atoms with Gasteiger partial charge in [0.15, 0.2) is 0 Å². The lowest BCUT2D eigenvalue weighted by molar-refractivity contribution is -0.0498. The minimum absolute atomic E-state index is 0.0135. The molecule has 1 N–H and O–H groups in total. The third-order valence-corrected chi connectivity index (χ3v) is 5.74. The molecule has 146 valence electrons. The van der Waals surface area contributed by atoms with Gasteiger partial charge in [-0.2, -0.15) is 8.78 Å². The molecular weight excluding hydrogens is 362 g/mol. The van der Waals surface area contributed by atoms with Crippen molar-refractivity contribution in [2.24, 2.45) is 0 Å². The van der Waals surface area contributed by atoms with E-state index in [4.69, 9.17) is 16.3 Å². The molecule has 4 nitrogen and oxygen atoms in total. The normalized spacial score (nSPS) is 21.1. The summed E-state index contributed by atoms with van der Waals surface area (Å²) in [6, 6.07) is 4.96. The molecule has 0 saturated carbocycles. The van der Waals surface area contributed by atoms with E-state index in [0.29, 0.717) is 6.54 Å². The van der Waals surface area contributed by atoms with Crippen molar-refractivity contribution in [3.63, 3.8) is 0 Å². The lowest BCUT2D eigenvalue weighted by Gasteiger charge is -2.48. The Morgan fingerprint density at radius 3 is 2.58 bits per heavy atom. The zero-order valence-corrected chi connectivity index (χ0v) is 15.7. The van der Waals surface area contributed by atoms with Crippen molar-refractivity contribution >= 4 is 11.6 Å². The topological polar surface area (TPSA) is 33.7 Å². The van der Waals surface area contributed by atoms with Gasteiger partial charge in [0.1, 0.15) is 5.75 Å². The number of hydrogen-bond acceptors (Lipinski definition) is 4. The molecule has 0 radical (unpaired) electrons. The van der Waals surface area contributed by atoms with Crippen LogP contribution in [0.3, 0.4) is 0 Å². The van der Waals surface area contributed by atoms with Crippen LogP contribution in [-0.2, 0) is 11.3 Å². The first-order chi connectivity index (χ1) is 12.6. The average Bonchev–Trinajstić information content (AvgIpc) is 2.65. The van der Waals surface area contributed by atoms with Crippen LogP contribution in [0.25, 0.3) is 0 Å². The van der Waals surface area contributed by atoms with E-state index in [1.165, 1.54) is 25.3 Å². The van der Waals surface area contributed by atoms with Crippen molar-refractivity contribution in [3.05, 3.63) is 28.8 Å². The molecule has 2 aliphatic rings. The Morgan fingerprint density at radius 1 is 1.19 bits per heavy atom. The van der Waals surface area contributed by atoms with E-state index >= 15 is 0 Å². The van der Waals surface area contributed by atoms with Crippen LogP contribution in [0, 0.1) is 0 Å². The monoisotopic (exact) mass is 388 g/mol. The summed E-state index contributed by atoms with van der Waals surface area (Å²) >= 11 is 6.04. The van der Waals surface area contributed by atoms with Gasteiger partial charge in [-0.15, -0.1) is 0 Å². The number of hydrogen-bond donors (Lipinski definition) is 1. The maximum Gasteiger partial charge on any atom is 0.387 e. The number of nitrogens with zero attached hydrogens (tertiary/aromatic N) is 1. The van der Waals surface area contributed by atoms with E-state index in [0.717, 1.165) is 51.3 Å². The van der Waals surface area contributed by atoms with E-state index in [1.54, 1.807) is 12.1 Å². The molecule has 0 spiro atoms. The van der Waals surface area contributed by atoms with Crippen LogP contribution in [0.2, 0.25) is 5.02 Å². The molecule has 1 aromatic rings. The number of halogens is 3. The number of nitrogens with one attached hydrogen (secondary N) is 1. The Labute approximate surface area is 158 Å². The van der Waals surface area contributed by atoms with Crippen molar-refractivity contribution in [1.82, 2.24) is 10.2 Å². The second kappa shape index (κ2) is 9.31. The quantitative estimate of drug-likeness (QED) is 0.763. The third kappa shape index (κ3) is 5.06. The van der Waals surface area contributed by atoms with Crippen LogP contribution in [-0.4, -0.2) is 49.9 Å². The van der Waals surface area contributed by atoms with Crippen molar-refractivity contribution < 1.29 is 18.3 Å². The van der Waals surface area contributed by atoms with Crippen LogP contribution < -0.4 is 10.1 Å². The summed E-state index contributed by atoms with van der Waals surface area (Å²) in [7, 11) is 0. The third-order valence-electron chi connectivity index (χ3n) is 5.45. The molecule has 7 heteroatoms. The van der Waals surface area contributed by atoms with Crippen molar-refractivity contribution in [3.8, 4) is 5.75 Å². The summed E-state index contributed by atoms with van der Waals surface area (Å²) in [5.74, 6) is 0.0135. The van der Waals surface area contributed by atoms with Crippen molar-refractivity contribution in [2.75, 3.05) is 32.8 Å². The predicted octanol–water partition coefficient (Wildman–Crippen LogP) is 4.07. The molecule has 0 aliphatic carbocycles. The molecule has 3 rings (SSSR count). The van der Waals surface area contributed by atoms with E-state index < -0.39 is 6.61 Å². The predicted molar refractivity (Wildman–Crippen MR) is 98.0 cm³/mol. The van der Waals surface area contributed by atoms with Gasteiger partial charge in [-0.25, -0.2) is 0 Å². The first-order valence-electron chi connectivity index (χ1n) is 9.36. The SMILES string of the molecule is FC(F)Oc1ccc(CNCC2(N3CCCCC3)CCOCC2)cc1Cl. The Hall–Kier alpha value is -0.950. The molecule has 2 fully saturated rings. The first-order valence-corrected chi connectivity index (χ1v) is 9.74. The van der Waals surface area contributed by atoms with Crippen LogP contribution in [0.4, 0.5) is 8.78 Å². The number of benzene rings is 1. The smallest absolute Gasteiger partial charge is 0.387 e. The molecule has 0 atom stereocenters. The minimum Gasteiger partial charge on any atom is -0.433 e. The highest BCUT2D eigenvalue weighted by atomic mass is 35.5. The van der Waals surface area contributed by atoms with Gasteiger partial charge < -0.3 is 14.8 Å². The van der Waals surface area contributed by atoms with E-state index in [2.05, 4.69) is 15.0 Å². The molecule has 0 unspecified atom stereocenters. The second-order valence-corrected chi connectivity index (χ2v) is 7.54. The van der Waals surface area contributed by atoms with Gasteiger partial charge >= 0.3 is 6.61 Å². The second-order valence-electron chi connectivity index (χ2n) is 7.13. The molecule has 1 aromatic carbocycles. The van der Waals surface area contributed by atoms with Gasteiger partial charge in [-0.1, -0.05) is 24.1 Å². The lowest BCUT2D eigenvalue weighted by atomic mass is 9.86. The molecule has 2 saturated heterocycles. The van der Waals surface area contributed by atoms with Crippen LogP contribution in [0.15, 0.2) is 18.2 Å². The number of rotatable bonds is 7. The van der Waals surface area contributed by atoms with E-state index in [1.807, 2.05) is 0 Å². The number of piperidine rings is 1. The fourth-order valence-corrected chi connectivity index (χ4v) is 4.26. The van der Waals surface area contributed by atoms with Crippen LogP contribution >= 0.6 is 11.6 Å². The Kier molecular flexibility index (Phi) is 7.09. The Morgan fingerprint density at radius 2 is 1.92 bits per heavy atom. The van der Waals surface area contributed by atoms with Gasteiger partial charge in [-0.3, -0.25) is 4.90 Å². The summed E-state index contributed by atoms with van der Waals surface area (Å²) in [5.41, 5.74) is 1.11. The zero-order chi connectivity index (χ0) is 18.4. The zero-order valence-electron chi connectivity index (χ0n) is 15.0. The summed E-state index contributed by atoms with van der Waals surface area (Å²) < 4.78 is 34.6. The van der Waals surface area contributed by atoms with Gasteiger partial charge in [0.2, 0.25) is 0 Å². The molecule has 2 heterocycles. The Balaban J connectivity index is 1.58. The average molecular weight is 389 g/mol. The van der Waals surface area contributed by atoms with E-state index in [9.17, 15) is 8.78 Å². The van der Waals surface area contributed by atoms with Gasteiger partial charge in [-0.05, 0) is 56.5 Å².